The summed E-state index contributed by atoms with van der Waals surface area (Å²) in [5, 5.41) is 5.18. The number of halogens is 4. The van der Waals surface area contributed by atoms with Crippen molar-refractivity contribution in [1.82, 2.24) is 4.98 Å². The Morgan fingerprint density at radius 3 is 2.45 bits per heavy atom. The molecule has 0 saturated carbocycles. The normalized spacial score (nSPS) is 10.4. The molecule has 0 bridgehead atoms. The number of rotatable bonds is 4. The van der Waals surface area contributed by atoms with E-state index in [0.29, 0.717) is 17.1 Å². The lowest BCUT2D eigenvalue weighted by atomic mass is 10.3. The third-order valence-electron chi connectivity index (χ3n) is 2.48. The van der Waals surface area contributed by atoms with Crippen molar-refractivity contribution in [2.24, 2.45) is 0 Å². The van der Waals surface area contributed by atoms with Crippen LogP contribution in [0.5, 0.6) is 0 Å². The van der Waals surface area contributed by atoms with Gasteiger partial charge in [0.05, 0.1) is 5.69 Å². The van der Waals surface area contributed by atoms with Crippen LogP contribution >= 0.6 is 15.9 Å². The van der Waals surface area contributed by atoms with E-state index in [1.807, 2.05) is 0 Å². The van der Waals surface area contributed by atoms with E-state index in [4.69, 9.17) is 0 Å². The zero-order valence-electron chi connectivity index (χ0n) is 10.5. The molecule has 0 amide bonds. The molecule has 0 aliphatic heterocycles. The number of benzene rings is 1. The van der Waals surface area contributed by atoms with Crippen LogP contribution in [0.1, 0.15) is 6.92 Å². The van der Waals surface area contributed by atoms with Crippen LogP contribution < -0.4 is 10.6 Å². The van der Waals surface area contributed by atoms with Crippen LogP contribution in [0.3, 0.4) is 0 Å². The third kappa shape index (κ3) is 3.04. The van der Waals surface area contributed by atoms with Crippen molar-refractivity contribution in [3.8, 4) is 0 Å². The van der Waals surface area contributed by atoms with E-state index in [-0.39, 0.29) is 17.3 Å². The summed E-state index contributed by atoms with van der Waals surface area (Å²) < 4.78 is 41.2. The van der Waals surface area contributed by atoms with Crippen LogP contribution in [0.4, 0.5) is 30.5 Å². The number of pyridine rings is 1. The summed E-state index contributed by atoms with van der Waals surface area (Å²) >= 11 is 3.15. The molecule has 0 spiro atoms. The van der Waals surface area contributed by atoms with Gasteiger partial charge in [-0.3, -0.25) is 0 Å². The molecule has 0 fully saturated rings. The smallest absolute Gasteiger partial charge is 0.169 e. The van der Waals surface area contributed by atoms with Crippen LogP contribution in [0.25, 0.3) is 0 Å². The van der Waals surface area contributed by atoms with E-state index >= 15 is 0 Å². The summed E-state index contributed by atoms with van der Waals surface area (Å²) in [5.41, 5.74) is 0.0351. The van der Waals surface area contributed by atoms with Gasteiger partial charge in [0.15, 0.2) is 23.3 Å². The Kier molecular flexibility index (Phi) is 4.49. The number of aromatic nitrogens is 1. The first-order chi connectivity index (χ1) is 9.52. The number of hydrogen-bond donors (Lipinski definition) is 2. The molecule has 106 valence electrons. The van der Waals surface area contributed by atoms with Crippen molar-refractivity contribution in [2.45, 2.75) is 6.92 Å². The van der Waals surface area contributed by atoms with Gasteiger partial charge in [-0.15, -0.1) is 0 Å². The van der Waals surface area contributed by atoms with Gasteiger partial charge in [-0.05, 0) is 35.0 Å². The molecule has 1 heterocycles. The monoisotopic (exact) mass is 345 g/mol. The lowest BCUT2D eigenvalue weighted by Gasteiger charge is -2.12. The molecule has 0 aliphatic carbocycles. The van der Waals surface area contributed by atoms with Crippen LogP contribution in [0.2, 0.25) is 0 Å². The minimum Gasteiger partial charge on any atom is -0.368 e. The first-order valence-corrected chi connectivity index (χ1v) is 6.63. The number of anilines is 3. The molecule has 7 heteroatoms. The molecule has 0 unspecified atom stereocenters. The number of para-hydroxylation sites is 1. The standard InChI is InChI=1S/C13H11BrF3N3/c1-2-18-12-9(16)6-10(17)13(20-12)19-11-7(14)4-3-5-8(11)15/h3-6H,2H2,1H3,(H2,18,19,20). The predicted molar refractivity (Wildman–Crippen MR) is 75.7 cm³/mol. The summed E-state index contributed by atoms with van der Waals surface area (Å²) in [7, 11) is 0. The summed E-state index contributed by atoms with van der Waals surface area (Å²) in [5.74, 6) is -2.63. The van der Waals surface area contributed by atoms with E-state index in [2.05, 4.69) is 31.5 Å². The van der Waals surface area contributed by atoms with Gasteiger partial charge in [0.1, 0.15) is 5.82 Å². The van der Waals surface area contributed by atoms with Gasteiger partial charge < -0.3 is 10.6 Å². The van der Waals surface area contributed by atoms with E-state index in [9.17, 15) is 13.2 Å². The topological polar surface area (TPSA) is 37.0 Å². The molecular formula is C13H11BrF3N3. The highest BCUT2D eigenvalue weighted by atomic mass is 79.9. The Balaban J connectivity index is 2.40. The second-order valence-corrected chi connectivity index (χ2v) is 4.76. The van der Waals surface area contributed by atoms with Crippen molar-refractivity contribution in [3.63, 3.8) is 0 Å². The van der Waals surface area contributed by atoms with Gasteiger partial charge in [0, 0.05) is 17.1 Å². The van der Waals surface area contributed by atoms with Crippen molar-refractivity contribution in [3.05, 3.63) is 46.2 Å². The molecular weight excluding hydrogens is 335 g/mol. The van der Waals surface area contributed by atoms with Gasteiger partial charge in [0.25, 0.3) is 0 Å². The van der Waals surface area contributed by atoms with Crippen molar-refractivity contribution < 1.29 is 13.2 Å². The summed E-state index contributed by atoms with van der Waals surface area (Å²) in [6.07, 6.45) is 0. The first kappa shape index (κ1) is 14.6. The Morgan fingerprint density at radius 1 is 1.10 bits per heavy atom. The molecule has 1 aromatic heterocycles. The average molecular weight is 346 g/mol. The molecule has 1 aromatic carbocycles. The maximum atomic E-state index is 13.7. The molecule has 0 saturated heterocycles. The van der Waals surface area contributed by atoms with Gasteiger partial charge >= 0.3 is 0 Å². The lowest BCUT2D eigenvalue weighted by Crippen LogP contribution is -2.07. The maximum absolute atomic E-state index is 13.7. The van der Waals surface area contributed by atoms with Gasteiger partial charge in [0.2, 0.25) is 0 Å². The van der Waals surface area contributed by atoms with Gasteiger partial charge in [-0.25, -0.2) is 18.2 Å². The molecule has 0 atom stereocenters. The summed E-state index contributed by atoms with van der Waals surface area (Å²) in [6.45, 7) is 2.18. The van der Waals surface area contributed by atoms with E-state index in [1.165, 1.54) is 12.1 Å². The fourth-order valence-corrected chi connectivity index (χ4v) is 2.02. The molecule has 0 radical (unpaired) electrons. The highest BCUT2D eigenvalue weighted by Gasteiger charge is 2.14. The molecule has 20 heavy (non-hydrogen) atoms. The Morgan fingerprint density at radius 2 is 1.80 bits per heavy atom. The van der Waals surface area contributed by atoms with Crippen molar-refractivity contribution in [2.75, 3.05) is 17.2 Å². The fraction of sp³-hybridized carbons (Fsp3) is 0.154. The largest absolute Gasteiger partial charge is 0.368 e. The number of nitrogens with zero attached hydrogens (tertiary/aromatic N) is 1. The van der Waals surface area contributed by atoms with Crippen LogP contribution in [0.15, 0.2) is 28.7 Å². The van der Waals surface area contributed by atoms with Crippen LogP contribution in [-0.4, -0.2) is 11.5 Å². The lowest BCUT2D eigenvalue weighted by molar-refractivity contribution is 0.579. The summed E-state index contributed by atoms with van der Waals surface area (Å²) in [4.78, 5) is 3.78. The maximum Gasteiger partial charge on any atom is 0.169 e. The molecule has 0 aliphatic rings. The zero-order chi connectivity index (χ0) is 14.7. The minimum absolute atomic E-state index is 0.0351. The predicted octanol–water partition coefficient (Wildman–Crippen LogP) is 4.44. The quantitative estimate of drug-likeness (QED) is 0.860. The fourth-order valence-electron chi connectivity index (χ4n) is 1.58. The van der Waals surface area contributed by atoms with Crippen molar-refractivity contribution >= 4 is 33.3 Å². The van der Waals surface area contributed by atoms with Gasteiger partial charge in [-0.1, -0.05) is 6.07 Å². The zero-order valence-corrected chi connectivity index (χ0v) is 12.1. The van der Waals surface area contributed by atoms with E-state index < -0.39 is 17.5 Å². The first-order valence-electron chi connectivity index (χ1n) is 5.84. The molecule has 2 N–H and O–H groups in total. The number of hydrogen-bond acceptors (Lipinski definition) is 3. The molecule has 3 nitrogen and oxygen atoms in total. The molecule has 2 rings (SSSR count). The van der Waals surface area contributed by atoms with E-state index in [1.54, 1.807) is 13.0 Å². The van der Waals surface area contributed by atoms with Crippen LogP contribution in [-0.2, 0) is 0 Å². The van der Waals surface area contributed by atoms with Gasteiger partial charge in [-0.2, -0.15) is 0 Å². The Bertz CT molecular complexity index is 614. The van der Waals surface area contributed by atoms with E-state index in [0.717, 1.165) is 0 Å². The number of nitrogens with one attached hydrogen (secondary N) is 2. The summed E-state index contributed by atoms with van der Waals surface area (Å²) in [6, 6.07) is 5.02. The SMILES string of the molecule is CCNc1nc(Nc2c(F)cccc2Br)c(F)cc1F. The van der Waals surface area contributed by atoms with Crippen LogP contribution in [0, 0.1) is 17.5 Å². The highest BCUT2D eigenvalue weighted by Crippen LogP contribution is 2.29. The third-order valence-corrected chi connectivity index (χ3v) is 3.14. The average Bonchev–Trinajstić information content (AvgIpc) is 2.39. The Hall–Kier alpha value is -1.76. The second-order valence-electron chi connectivity index (χ2n) is 3.90. The minimum atomic E-state index is -0.903. The Labute approximate surface area is 122 Å². The molecule has 2 aromatic rings. The second kappa shape index (κ2) is 6.13. The van der Waals surface area contributed by atoms with Crippen molar-refractivity contribution in [1.29, 1.82) is 0 Å². The highest BCUT2D eigenvalue weighted by molar-refractivity contribution is 9.10.